The van der Waals surface area contributed by atoms with E-state index in [0.717, 1.165) is 0 Å². The first-order valence-electron chi connectivity index (χ1n) is 7.47. The van der Waals surface area contributed by atoms with Crippen LogP contribution in [0.2, 0.25) is 0 Å². The molecular weight excluding hydrogens is 408 g/mol. The lowest BCUT2D eigenvalue weighted by atomic mass is 9.96. The molecule has 0 spiro atoms. The lowest BCUT2D eigenvalue weighted by Crippen LogP contribution is -2.27. The maximum absolute atomic E-state index is 13.4. The zero-order valence-electron chi connectivity index (χ0n) is 13.6. The first-order chi connectivity index (χ1) is 12.5. The van der Waals surface area contributed by atoms with Crippen LogP contribution in [0.5, 0.6) is 0 Å². The van der Waals surface area contributed by atoms with E-state index < -0.39 is 33.7 Å². The standard InChI is InChI=1S/C16H11Cl2F3N4O2/c1-15(18)4-2-8(6-10(15)17)13-22-5-3-11(24-13)25-12(16(19,20)21)9(7-23-25)14(26)27/h2-7,10H,1H3,(H,26,27). The Bertz CT molecular complexity index is 967. The molecule has 3 rings (SSSR count). The van der Waals surface area contributed by atoms with Crippen LogP contribution < -0.4 is 0 Å². The molecule has 0 saturated heterocycles. The Balaban J connectivity index is 2.08. The van der Waals surface area contributed by atoms with Crippen molar-refractivity contribution in [2.24, 2.45) is 0 Å². The van der Waals surface area contributed by atoms with Gasteiger partial charge in [-0.2, -0.15) is 18.3 Å². The van der Waals surface area contributed by atoms with Crippen molar-refractivity contribution in [3.63, 3.8) is 0 Å². The summed E-state index contributed by atoms with van der Waals surface area (Å²) >= 11 is 12.4. The first-order valence-corrected chi connectivity index (χ1v) is 8.28. The maximum atomic E-state index is 13.4. The Hall–Kier alpha value is -2.39. The van der Waals surface area contributed by atoms with E-state index in [1.807, 2.05) is 0 Å². The number of carboxylic acids is 1. The van der Waals surface area contributed by atoms with Crippen LogP contribution in [-0.2, 0) is 6.18 Å². The maximum Gasteiger partial charge on any atom is 0.434 e. The number of aromatic nitrogens is 4. The number of hydrogen-bond donors (Lipinski definition) is 1. The lowest BCUT2D eigenvalue weighted by molar-refractivity contribution is -0.143. The highest BCUT2D eigenvalue weighted by Crippen LogP contribution is 2.35. The van der Waals surface area contributed by atoms with Crippen molar-refractivity contribution in [1.82, 2.24) is 19.7 Å². The third-order valence-corrected chi connectivity index (χ3v) is 4.89. The fraction of sp³-hybridized carbons (Fsp3) is 0.250. The summed E-state index contributed by atoms with van der Waals surface area (Å²) in [5.74, 6) is -1.88. The van der Waals surface area contributed by atoms with Gasteiger partial charge in [-0.05, 0) is 6.92 Å². The van der Waals surface area contributed by atoms with Gasteiger partial charge in [0.05, 0.1) is 16.4 Å². The van der Waals surface area contributed by atoms with Crippen LogP contribution in [0.25, 0.3) is 11.4 Å². The van der Waals surface area contributed by atoms with Crippen LogP contribution in [0.3, 0.4) is 0 Å². The average Bonchev–Trinajstić information content (AvgIpc) is 3.03. The summed E-state index contributed by atoms with van der Waals surface area (Å²) < 4.78 is 40.5. The smallest absolute Gasteiger partial charge is 0.434 e. The topological polar surface area (TPSA) is 80.9 Å². The Kier molecular flexibility index (Phi) is 4.77. The number of rotatable bonds is 3. The molecule has 11 heteroatoms. The van der Waals surface area contributed by atoms with Gasteiger partial charge in [-0.25, -0.2) is 19.4 Å². The molecule has 0 amide bonds. The average molecular weight is 419 g/mol. The van der Waals surface area contributed by atoms with Gasteiger partial charge < -0.3 is 5.11 Å². The Morgan fingerprint density at radius 2 is 2.11 bits per heavy atom. The van der Waals surface area contributed by atoms with Crippen LogP contribution in [0.4, 0.5) is 13.2 Å². The Labute approximate surface area is 160 Å². The second-order valence-electron chi connectivity index (χ2n) is 5.87. The molecule has 0 fully saturated rings. The number of carboxylic acid groups (broad SMARTS) is 1. The predicted octanol–water partition coefficient (Wildman–Crippen LogP) is 3.94. The largest absolute Gasteiger partial charge is 0.478 e. The van der Waals surface area contributed by atoms with Crippen LogP contribution in [-0.4, -0.2) is 41.1 Å². The van der Waals surface area contributed by atoms with Gasteiger partial charge in [-0.15, -0.1) is 23.2 Å². The highest BCUT2D eigenvalue weighted by atomic mass is 35.5. The van der Waals surface area contributed by atoms with Crippen molar-refractivity contribution in [3.8, 4) is 5.82 Å². The molecule has 0 saturated carbocycles. The fourth-order valence-electron chi connectivity index (χ4n) is 2.43. The monoisotopic (exact) mass is 418 g/mol. The van der Waals surface area contributed by atoms with Gasteiger partial charge in [0.25, 0.3) is 0 Å². The summed E-state index contributed by atoms with van der Waals surface area (Å²) in [4.78, 5) is 18.4. The predicted molar refractivity (Wildman–Crippen MR) is 92.1 cm³/mol. The van der Waals surface area contributed by atoms with Gasteiger partial charge in [0, 0.05) is 17.8 Å². The molecule has 0 radical (unpaired) electrons. The molecule has 2 heterocycles. The zero-order chi connectivity index (χ0) is 20.0. The molecule has 2 unspecified atom stereocenters. The zero-order valence-corrected chi connectivity index (χ0v) is 15.1. The van der Waals surface area contributed by atoms with E-state index in [-0.39, 0.29) is 11.6 Å². The van der Waals surface area contributed by atoms with Gasteiger partial charge in [0.1, 0.15) is 5.56 Å². The van der Waals surface area contributed by atoms with Crippen molar-refractivity contribution in [2.45, 2.75) is 23.4 Å². The Morgan fingerprint density at radius 3 is 2.70 bits per heavy atom. The number of nitrogens with zero attached hydrogens (tertiary/aromatic N) is 4. The molecule has 27 heavy (non-hydrogen) atoms. The van der Waals surface area contributed by atoms with Crippen LogP contribution in [0.1, 0.15) is 28.8 Å². The second-order valence-corrected chi connectivity index (χ2v) is 7.15. The molecular formula is C16H11Cl2F3N4O2. The van der Waals surface area contributed by atoms with Crippen molar-refractivity contribution in [1.29, 1.82) is 0 Å². The van der Waals surface area contributed by atoms with E-state index in [9.17, 15) is 18.0 Å². The summed E-state index contributed by atoms with van der Waals surface area (Å²) in [6.45, 7) is 1.71. The Morgan fingerprint density at radius 1 is 1.41 bits per heavy atom. The summed E-state index contributed by atoms with van der Waals surface area (Å²) in [6, 6.07) is 1.19. The van der Waals surface area contributed by atoms with Crippen molar-refractivity contribution < 1.29 is 23.1 Å². The number of halogens is 5. The van der Waals surface area contributed by atoms with Gasteiger partial charge in [0.15, 0.2) is 17.3 Å². The summed E-state index contributed by atoms with van der Waals surface area (Å²) in [6.07, 6.45) is 1.76. The molecule has 1 N–H and O–H groups in total. The molecule has 2 atom stereocenters. The van der Waals surface area contributed by atoms with Crippen molar-refractivity contribution in [3.05, 3.63) is 53.8 Å². The van der Waals surface area contributed by atoms with Crippen LogP contribution in [0, 0.1) is 0 Å². The molecule has 0 aliphatic heterocycles. The number of hydrogen-bond acceptors (Lipinski definition) is 4. The summed E-state index contributed by atoms with van der Waals surface area (Å²) in [5.41, 5.74) is -1.94. The summed E-state index contributed by atoms with van der Waals surface area (Å²) in [7, 11) is 0. The number of aromatic carboxylic acids is 1. The molecule has 1 aliphatic carbocycles. The van der Waals surface area contributed by atoms with Gasteiger partial charge in [0.2, 0.25) is 0 Å². The second kappa shape index (κ2) is 6.65. The van der Waals surface area contributed by atoms with Gasteiger partial charge in [-0.3, -0.25) is 0 Å². The van der Waals surface area contributed by atoms with Crippen molar-refractivity contribution in [2.75, 3.05) is 0 Å². The van der Waals surface area contributed by atoms with E-state index in [0.29, 0.717) is 16.5 Å². The molecule has 2 aromatic rings. The molecule has 0 bridgehead atoms. The third kappa shape index (κ3) is 3.70. The number of allylic oxidation sites excluding steroid dienone is 4. The fourth-order valence-corrected chi connectivity index (χ4v) is 2.76. The van der Waals surface area contributed by atoms with Crippen LogP contribution >= 0.6 is 23.2 Å². The highest BCUT2D eigenvalue weighted by molar-refractivity contribution is 6.34. The third-order valence-electron chi connectivity index (χ3n) is 3.84. The minimum Gasteiger partial charge on any atom is -0.478 e. The normalized spacial score (nSPS) is 22.6. The van der Waals surface area contributed by atoms with E-state index in [4.69, 9.17) is 28.3 Å². The lowest BCUT2D eigenvalue weighted by Gasteiger charge is -2.25. The van der Waals surface area contributed by atoms with E-state index in [1.165, 1.54) is 12.3 Å². The molecule has 6 nitrogen and oxygen atoms in total. The highest BCUT2D eigenvalue weighted by Gasteiger charge is 2.41. The van der Waals surface area contributed by atoms with Gasteiger partial charge >= 0.3 is 12.1 Å². The molecule has 1 aliphatic rings. The minimum atomic E-state index is -4.94. The van der Waals surface area contributed by atoms with Crippen LogP contribution in [0.15, 0.2) is 36.7 Å². The minimum absolute atomic E-state index is 0.0991. The summed E-state index contributed by atoms with van der Waals surface area (Å²) in [5, 5.41) is 12.0. The molecule has 142 valence electrons. The first kappa shape index (κ1) is 19.4. The van der Waals surface area contributed by atoms with E-state index >= 15 is 0 Å². The quantitative estimate of drug-likeness (QED) is 0.763. The van der Waals surface area contributed by atoms with Crippen molar-refractivity contribution >= 4 is 34.7 Å². The SMILES string of the molecule is CC1(Cl)C=CC(c2nccc(-n3ncc(C(=O)O)c3C(F)(F)F)n2)=CC1Cl. The van der Waals surface area contributed by atoms with E-state index in [2.05, 4.69) is 15.1 Å². The number of alkyl halides is 5. The number of carbonyl (C=O) groups is 1. The molecule has 0 aromatic carbocycles. The molecule has 2 aromatic heterocycles. The van der Waals surface area contributed by atoms with Gasteiger partial charge in [-0.1, -0.05) is 18.2 Å². The van der Waals surface area contributed by atoms with E-state index in [1.54, 1.807) is 25.2 Å².